The molecule has 0 aliphatic rings. The average molecular weight is 539 g/mol. The van der Waals surface area contributed by atoms with Crippen molar-refractivity contribution in [1.82, 2.24) is 0 Å². The lowest BCUT2D eigenvalue weighted by atomic mass is 9.94. The van der Waals surface area contributed by atoms with Gasteiger partial charge in [-0.05, 0) is 79.8 Å². The second-order valence-corrected chi connectivity index (χ2v) is 10.5. The molecule has 0 heteroatoms. The highest BCUT2D eigenvalue weighted by Gasteiger charge is 2.07. The minimum Gasteiger partial charge on any atom is -0.0622 e. The van der Waals surface area contributed by atoms with Crippen molar-refractivity contribution in [1.29, 1.82) is 0 Å². The van der Waals surface area contributed by atoms with E-state index in [-0.39, 0.29) is 0 Å². The van der Waals surface area contributed by atoms with E-state index in [2.05, 4.69) is 183 Å². The number of hydrogen-bond donors (Lipinski definition) is 0. The molecule has 0 fully saturated rings. The van der Waals surface area contributed by atoms with Crippen molar-refractivity contribution in [2.24, 2.45) is 0 Å². The number of aryl methyl sites for hydroxylation is 1. The van der Waals surface area contributed by atoms with Gasteiger partial charge in [0.15, 0.2) is 0 Å². The van der Waals surface area contributed by atoms with Crippen molar-refractivity contribution in [3.63, 3.8) is 0 Å². The summed E-state index contributed by atoms with van der Waals surface area (Å²) in [5, 5.41) is 0. The van der Waals surface area contributed by atoms with Gasteiger partial charge in [-0.2, -0.15) is 0 Å². The van der Waals surface area contributed by atoms with E-state index >= 15 is 0 Å². The highest BCUT2D eigenvalue weighted by Crippen LogP contribution is 2.29. The van der Waals surface area contributed by atoms with Crippen LogP contribution in [0.25, 0.3) is 34.4 Å². The molecule has 0 aromatic heterocycles. The Morgan fingerprint density at radius 2 is 0.714 bits per heavy atom. The first-order valence-corrected chi connectivity index (χ1v) is 14.7. The zero-order valence-corrected chi connectivity index (χ0v) is 24.0. The molecule has 202 valence electrons. The quantitative estimate of drug-likeness (QED) is 0.169. The van der Waals surface area contributed by atoms with Crippen LogP contribution < -0.4 is 0 Å². The Balaban J connectivity index is 1.27. The highest BCUT2D eigenvalue weighted by atomic mass is 14.1. The van der Waals surface area contributed by atoms with Crippen LogP contribution in [0.3, 0.4) is 0 Å². The summed E-state index contributed by atoms with van der Waals surface area (Å²) in [5.74, 6) is 0. The van der Waals surface area contributed by atoms with Gasteiger partial charge in [-0.1, -0.05) is 171 Å². The van der Waals surface area contributed by atoms with E-state index in [9.17, 15) is 0 Å². The SMILES string of the molecule is CCc1ccc(C(=Cc2ccc(-c3ccc(C=C(c4ccccc4)c4ccccc4)cc3)cc2)c2ccccc2)cc1. The first kappa shape index (κ1) is 27.0. The van der Waals surface area contributed by atoms with Crippen molar-refractivity contribution < 1.29 is 0 Å². The molecule has 0 spiro atoms. The Hall–Kier alpha value is -5.20. The Morgan fingerprint density at radius 1 is 0.381 bits per heavy atom. The summed E-state index contributed by atoms with van der Waals surface area (Å²) in [4.78, 5) is 0. The van der Waals surface area contributed by atoms with Gasteiger partial charge in [-0.25, -0.2) is 0 Å². The topological polar surface area (TPSA) is 0 Å². The second kappa shape index (κ2) is 13.0. The normalized spacial score (nSPS) is 11.2. The van der Waals surface area contributed by atoms with Crippen LogP contribution in [0.4, 0.5) is 0 Å². The highest BCUT2D eigenvalue weighted by molar-refractivity contribution is 5.92. The molecule has 0 nitrogen and oxygen atoms in total. The van der Waals surface area contributed by atoms with Crippen LogP contribution in [0.2, 0.25) is 0 Å². The molecule has 0 unspecified atom stereocenters. The van der Waals surface area contributed by atoms with Crippen LogP contribution in [0.15, 0.2) is 164 Å². The molecule has 0 heterocycles. The van der Waals surface area contributed by atoms with E-state index in [1.54, 1.807) is 0 Å². The maximum atomic E-state index is 2.29. The lowest BCUT2D eigenvalue weighted by Crippen LogP contribution is -1.90. The zero-order chi connectivity index (χ0) is 28.6. The molecule has 6 aromatic carbocycles. The third kappa shape index (κ3) is 6.40. The molecule has 0 atom stereocenters. The Morgan fingerprint density at radius 3 is 1.05 bits per heavy atom. The summed E-state index contributed by atoms with van der Waals surface area (Å²) in [7, 11) is 0. The maximum absolute atomic E-state index is 2.29. The molecular formula is C42H34. The molecule has 0 amide bonds. The van der Waals surface area contributed by atoms with Gasteiger partial charge < -0.3 is 0 Å². The fourth-order valence-electron chi connectivity index (χ4n) is 5.32. The first-order chi connectivity index (χ1) is 20.8. The summed E-state index contributed by atoms with van der Waals surface area (Å²) in [6.45, 7) is 2.20. The molecule has 0 aliphatic carbocycles. The van der Waals surface area contributed by atoms with Gasteiger partial charge in [0, 0.05) is 0 Å². The summed E-state index contributed by atoms with van der Waals surface area (Å²) in [6.07, 6.45) is 5.62. The fraction of sp³-hybridized carbons (Fsp3) is 0.0476. The third-order valence-corrected chi connectivity index (χ3v) is 7.70. The Kier molecular flexibility index (Phi) is 8.34. The van der Waals surface area contributed by atoms with E-state index in [0.29, 0.717) is 0 Å². The minimum atomic E-state index is 1.05. The van der Waals surface area contributed by atoms with Crippen LogP contribution >= 0.6 is 0 Å². The van der Waals surface area contributed by atoms with Crippen LogP contribution in [0.5, 0.6) is 0 Å². The lowest BCUT2D eigenvalue weighted by molar-refractivity contribution is 1.14. The molecule has 0 aliphatic heterocycles. The summed E-state index contributed by atoms with van der Waals surface area (Å²) in [6, 6.07) is 58.5. The smallest absolute Gasteiger partial charge is 0.0105 e. The van der Waals surface area contributed by atoms with Crippen LogP contribution in [0, 0.1) is 0 Å². The molecule has 0 N–H and O–H groups in total. The predicted octanol–water partition coefficient (Wildman–Crippen LogP) is 11.1. The molecule has 42 heavy (non-hydrogen) atoms. The number of benzene rings is 6. The largest absolute Gasteiger partial charge is 0.0622 e. The molecular weight excluding hydrogens is 504 g/mol. The van der Waals surface area contributed by atoms with E-state index in [4.69, 9.17) is 0 Å². The third-order valence-electron chi connectivity index (χ3n) is 7.70. The van der Waals surface area contributed by atoms with E-state index in [1.165, 1.54) is 61.2 Å². The van der Waals surface area contributed by atoms with Crippen molar-refractivity contribution in [2.75, 3.05) is 0 Å². The van der Waals surface area contributed by atoms with Crippen molar-refractivity contribution in [2.45, 2.75) is 13.3 Å². The molecule has 6 aromatic rings. The van der Waals surface area contributed by atoms with Gasteiger partial charge in [0.2, 0.25) is 0 Å². The van der Waals surface area contributed by atoms with Gasteiger partial charge in [0.05, 0.1) is 0 Å². The van der Waals surface area contributed by atoms with Gasteiger partial charge in [0.25, 0.3) is 0 Å². The van der Waals surface area contributed by atoms with Gasteiger partial charge in [0.1, 0.15) is 0 Å². The summed E-state index contributed by atoms with van der Waals surface area (Å²) < 4.78 is 0. The van der Waals surface area contributed by atoms with Crippen LogP contribution in [0.1, 0.15) is 45.9 Å². The van der Waals surface area contributed by atoms with E-state index in [1.807, 2.05) is 0 Å². The number of rotatable bonds is 8. The van der Waals surface area contributed by atoms with Gasteiger partial charge >= 0.3 is 0 Å². The van der Waals surface area contributed by atoms with Crippen molar-refractivity contribution >= 4 is 23.3 Å². The molecule has 6 rings (SSSR count). The van der Waals surface area contributed by atoms with Crippen molar-refractivity contribution in [3.05, 3.63) is 203 Å². The van der Waals surface area contributed by atoms with Crippen LogP contribution in [-0.4, -0.2) is 0 Å². The van der Waals surface area contributed by atoms with E-state index < -0.39 is 0 Å². The maximum Gasteiger partial charge on any atom is -0.0105 e. The molecule has 0 bridgehead atoms. The molecule has 0 radical (unpaired) electrons. The van der Waals surface area contributed by atoms with Gasteiger partial charge in [-0.3, -0.25) is 0 Å². The molecule has 0 saturated heterocycles. The molecule has 0 saturated carbocycles. The van der Waals surface area contributed by atoms with E-state index in [0.717, 1.165) is 6.42 Å². The summed E-state index contributed by atoms with van der Waals surface area (Å²) in [5.41, 5.74) is 13.5. The average Bonchev–Trinajstić information content (AvgIpc) is 3.08. The number of hydrogen-bond acceptors (Lipinski definition) is 0. The minimum absolute atomic E-state index is 1.05. The first-order valence-electron chi connectivity index (χ1n) is 14.7. The van der Waals surface area contributed by atoms with Crippen molar-refractivity contribution in [3.8, 4) is 11.1 Å². The summed E-state index contributed by atoms with van der Waals surface area (Å²) >= 11 is 0. The van der Waals surface area contributed by atoms with Crippen LogP contribution in [-0.2, 0) is 6.42 Å². The van der Waals surface area contributed by atoms with Gasteiger partial charge in [-0.15, -0.1) is 0 Å². The Bertz CT molecular complexity index is 1730. The second-order valence-electron chi connectivity index (χ2n) is 10.5. The lowest BCUT2D eigenvalue weighted by Gasteiger charge is -2.11. The Labute approximate surface area is 250 Å². The monoisotopic (exact) mass is 538 g/mol. The zero-order valence-electron chi connectivity index (χ0n) is 24.0. The standard InChI is InChI=1S/C42H34/c1-2-32-18-28-40(29-19-32)42(39-16-10-5-11-17-39)31-34-22-26-36(27-23-34)35-24-20-33(21-25-35)30-41(37-12-6-3-7-13-37)38-14-8-4-9-15-38/h3-31H,2H2,1H3. The fourth-order valence-corrected chi connectivity index (χ4v) is 5.32. The predicted molar refractivity (Wildman–Crippen MR) is 181 cm³/mol.